The molecular weight excluding hydrogens is 137 g/mol. The molecule has 2 atom stereocenters. The molecule has 0 radical (unpaired) electrons. The highest BCUT2D eigenvalue weighted by atomic mass is 19.1. The van der Waals surface area contributed by atoms with Crippen molar-refractivity contribution >= 4 is 5.97 Å². The summed E-state index contributed by atoms with van der Waals surface area (Å²) in [6, 6.07) is -0.527. The van der Waals surface area contributed by atoms with E-state index in [0.29, 0.717) is 13.0 Å². The molecule has 0 spiro atoms. The molecule has 2 N–H and O–H groups in total. The Bertz CT molecular complexity index is 140. The van der Waals surface area contributed by atoms with Gasteiger partial charge in [0.2, 0.25) is 0 Å². The highest BCUT2D eigenvalue weighted by Crippen LogP contribution is 2.13. The molecule has 0 saturated carbocycles. The van der Waals surface area contributed by atoms with Gasteiger partial charge in [-0.15, -0.1) is 0 Å². The summed E-state index contributed by atoms with van der Waals surface area (Å²) in [5, 5.41) is 11.2. The summed E-state index contributed by atoms with van der Waals surface area (Å²) in [5.41, 5.74) is 0. The van der Waals surface area contributed by atoms with Crippen molar-refractivity contribution in [1.29, 1.82) is 0 Å². The summed E-state index contributed by atoms with van der Waals surface area (Å²) >= 11 is 0. The lowest BCUT2D eigenvalue weighted by molar-refractivity contribution is -0.139. The van der Waals surface area contributed by atoms with E-state index < -0.39 is 18.7 Å². The Hall–Kier alpha value is -0.640. The Kier molecular flexibility index (Phi) is 2.21. The van der Waals surface area contributed by atoms with Crippen LogP contribution in [0.3, 0.4) is 0 Å². The molecule has 0 aromatic rings. The number of halogens is 1. The Morgan fingerprint density at radius 3 is 2.80 bits per heavy atom. The van der Waals surface area contributed by atoms with E-state index in [2.05, 4.69) is 5.32 Å². The van der Waals surface area contributed by atoms with Crippen LogP contribution in [0.25, 0.3) is 0 Å². The maximum Gasteiger partial charge on any atom is 0.320 e. The van der Waals surface area contributed by atoms with Crippen LogP contribution in [0.2, 0.25) is 0 Å². The Labute approximate surface area is 58.2 Å². The van der Waals surface area contributed by atoms with E-state index >= 15 is 0 Å². The molecule has 3 nitrogen and oxygen atoms in total. The van der Waals surface area contributed by atoms with Gasteiger partial charge in [0.1, 0.15) is 6.04 Å². The van der Waals surface area contributed by atoms with Crippen LogP contribution in [-0.4, -0.2) is 30.3 Å². The lowest BCUT2D eigenvalue weighted by Gasteiger charge is -2.00. The first-order valence-corrected chi connectivity index (χ1v) is 3.26. The predicted molar refractivity (Wildman–Crippen MR) is 33.5 cm³/mol. The lowest BCUT2D eigenvalue weighted by atomic mass is 10.1. The molecule has 1 saturated heterocycles. The van der Waals surface area contributed by atoms with Gasteiger partial charge in [-0.1, -0.05) is 0 Å². The van der Waals surface area contributed by atoms with Crippen molar-refractivity contribution in [3.8, 4) is 0 Å². The fraction of sp³-hybridized carbons (Fsp3) is 0.833. The van der Waals surface area contributed by atoms with Gasteiger partial charge in [0, 0.05) is 12.5 Å². The molecule has 0 aliphatic carbocycles. The number of carboxylic acid groups (broad SMARTS) is 1. The third kappa shape index (κ3) is 1.44. The minimum Gasteiger partial charge on any atom is -0.480 e. The second-order valence-electron chi connectivity index (χ2n) is 2.56. The fourth-order valence-electron chi connectivity index (χ4n) is 1.11. The number of aliphatic carboxylic acids is 1. The van der Waals surface area contributed by atoms with E-state index in [1.165, 1.54) is 0 Å². The molecule has 0 aromatic heterocycles. The van der Waals surface area contributed by atoms with Gasteiger partial charge in [-0.2, -0.15) is 0 Å². The molecule has 4 heteroatoms. The number of hydrogen-bond donors (Lipinski definition) is 2. The van der Waals surface area contributed by atoms with Crippen molar-refractivity contribution in [2.45, 2.75) is 12.5 Å². The van der Waals surface area contributed by atoms with Crippen LogP contribution in [-0.2, 0) is 4.79 Å². The van der Waals surface area contributed by atoms with Crippen molar-refractivity contribution < 1.29 is 14.3 Å². The van der Waals surface area contributed by atoms with Gasteiger partial charge in [0.05, 0.1) is 6.67 Å². The average molecular weight is 147 g/mol. The van der Waals surface area contributed by atoms with Crippen LogP contribution in [0.15, 0.2) is 0 Å². The average Bonchev–Trinajstić information content (AvgIpc) is 2.34. The molecular formula is C6H10FNO2. The Morgan fingerprint density at radius 2 is 2.50 bits per heavy atom. The van der Waals surface area contributed by atoms with Crippen molar-refractivity contribution in [3.05, 3.63) is 0 Å². The predicted octanol–water partition coefficient (Wildman–Crippen LogP) is 0.0186. The normalized spacial score (nSPS) is 32.5. The van der Waals surface area contributed by atoms with Gasteiger partial charge >= 0.3 is 5.97 Å². The van der Waals surface area contributed by atoms with Gasteiger partial charge in [-0.25, -0.2) is 0 Å². The molecule has 10 heavy (non-hydrogen) atoms. The minimum absolute atomic E-state index is 0.0962. The third-order valence-corrected chi connectivity index (χ3v) is 1.74. The summed E-state index contributed by atoms with van der Waals surface area (Å²) in [6.07, 6.45) is 0.422. The summed E-state index contributed by atoms with van der Waals surface area (Å²) in [4.78, 5) is 10.3. The van der Waals surface area contributed by atoms with E-state index in [1.54, 1.807) is 0 Å². The number of nitrogens with one attached hydrogen (secondary N) is 1. The summed E-state index contributed by atoms with van der Waals surface area (Å²) in [7, 11) is 0. The molecule has 0 amide bonds. The number of carboxylic acids is 1. The van der Waals surface area contributed by atoms with Crippen LogP contribution < -0.4 is 5.32 Å². The van der Waals surface area contributed by atoms with Gasteiger partial charge in [-0.3, -0.25) is 9.18 Å². The first-order chi connectivity index (χ1) is 4.74. The van der Waals surface area contributed by atoms with E-state index in [1.807, 2.05) is 0 Å². The molecule has 2 unspecified atom stereocenters. The Balaban J connectivity index is 2.35. The number of rotatable bonds is 2. The maximum atomic E-state index is 11.9. The first-order valence-electron chi connectivity index (χ1n) is 3.26. The van der Waals surface area contributed by atoms with Gasteiger partial charge in [-0.05, 0) is 6.42 Å². The first kappa shape index (κ1) is 7.47. The smallest absolute Gasteiger partial charge is 0.320 e. The quantitative estimate of drug-likeness (QED) is 0.578. The van der Waals surface area contributed by atoms with Gasteiger partial charge in [0.25, 0.3) is 0 Å². The van der Waals surface area contributed by atoms with Gasteiger partial charge < -0.3 is 10.4 Å². The van der Waals surface area contributed by atoms with Crippen LogP contribution >= 0.6 is 0 Å². The van der Waals surface area contributed by atoms with Crippen molar-refractivity contribution in [1.82, 2.24) is 5.32 Å². The largest absolute Gasteiger partial charge is 0.480 e. The SMILES string of the molecule is O=C(O)C1CC(CF)CN1. The zero-order valence-corrected chi connectivity index (χ0v) is 5.51. The maximum absolute atomic E-state index is 11.9. The number of carbonyl (C=O) groups is 1. The van der Waals surface area contributed by atoms with Crippen molar-refractivity contribution in [2.75, 3.05) is 13.2 Å². The van der Waals surface area contributed by atoms with E-state index in [0.717, 1.165) is 0 Å². The molecule has 58 valence electrons. The molecule has 1 rings (SSSR count). The summed E-state index contributed by atoms with van der Waals surface area (Å²) in [5.74, 6) is -0.975. The van der Waals surface area contributed by atoms with Crippen molar-refractivity contribution in [3.63, 3.8) is 0 Å². The van der Waals surface area contributed by atoms with Crippen LogP contribution in [0.1, 0.15) is 6.42 Å². The zero-order valence-electron chi connectivity index (χ0n) is 5.51. The monoisotopic (exact) mass is 147 g/mol. The standard InChI is InChI=1S/C6H10FNO2/c7-2-4-1-5(6(9)10)8-3-4/h4-5,8H,1-3H2,(H,9,10). The highest BCUT2D eigenvalue weighted by Gasteiger charge is 2.28. The fourth-order valence-corrected chi connectivity index (χ4v) is 1.11. The molecule has 1 heterocycles. The van der Waals surface area contributed by atoms with Crippen molar-refractivity contribution in [2.24, 2.45) is 5.92 Å². The number of hydrogen-bond acceptors (Lipinski definition) is 2. The third-order valence-electron chi connectivity index (χ3n) is 1.74. The molecule has 1 fully saturated rings. The summed E-state index contributed by atoms with van der Waals surface area (Å²) in [6.45, 7) is 0.0737. The van der Waals surface area contributed by atoms with E-state index in [-0.39, 0.29) is 5.92 Å². The Morgan fingerprint density at radius 1 is 1.80 bits per heavy atom. The topological polar surface area (TPSA) is 49.3 Å². The minimum atomic E-state index is -0.879. The van der Waals surface area contributed by atoms with Crippen LogP contribution in [0.4, 0.5) is 4.39 Å². The molecule has 1 aliphatic rings. The second-order valence-corrected chi connectivity index (χ2v) is 2.56. The molecule has 1 aliphatic heterocycles. The lowest BCUT2D eigenvalue weighted by Crippen LogP contribution is -2.29. The van der Waals surface area contributed by atoms with Crippen LogP contribution in [0.5, 0.6) is 0 Å². The van der Waals surface area contributed by atoms with Gasteiger partial charge in [0.15, 0.2) is 0 Å². The van der Waals surface area contributed by atoms with E-state index in [4.69, 9.17) is 5.11 Å². The number of alkyl halides is 1. The zero-order chi connectivity index (χ0) is 7.56. The molecule has 0 aromatic carbocycles. The second kappa shape index (κ2) is 2.96. The molecule has 0 bridgehead atoms. The van der Waals surface area contributed by atoms with E-state index in [9.17, 15) is 9.18 Å². The summed E-state index contributed by atoms with van der Waals surface area (Å²) < 4.78 is 11.9. The van der Waals surface area contributed by atoms with Crippen LogP contribution in [0, 0.1) is 5.92 Å². The highest BCUT2D eigenvalue weighted by molar-refractivity contribution is 5.73.